The van der Waals surface area contributed by atoms with E-state index >= 15 is 0 Å². The van der Waals surface area contributed by atoms with Gasteiger partial charge in [-0.3, -0.25) is 4.79 Å². The zero-order chi connectivity index (χ0) is 20.5. The number of rotatable bonds is 4. The van der Waals surface area contributed by atoms with Gasteiger partial charge in [0, 0.05) is 37.4 Å². The standard InChI is InChI=1S/C20H26Cl2N2O4/c1-20(28)6-4-12(5-7-20)18(25)24-10-14(9-23-19(26)27)15(11-24)13-2-3-16(21)17(22)8-13/h2-3,8,12,14-15,23,28H,4-7,9-11H2,1H3,(H,26,27)/t12-,14-,15-,20+/m1/s1. The van der Waals surface area contributed by atoms with Gasteiger partial charge in [0.15, 0.2) is 0 Å². The molecule has 2 atom stereocenters. The monoisotopic (exact) mass is 428 g/mol. The fourth-order valence-electron chi connectivity index (χ4n) is 4.34. The Morgan fingerprint density at radius 3 is 2.50 bits per heavy atom. The second-order valence-corrected chi connectivity index (χ2v) is 9.06. The van der Waals surface area contributed by atoms with Gasteiger partial charge in [-0.2, -0.15) is 0 Å². The van der Waals surface area contributed by atoms with Crippen LogP contribution in [0.3, 0.4) is 0 Å². The molecule has 0 unspecified atom stereocenters. The molecule has 0 aromatic heterocycles. The minimum Gasteiger partial charge on any atom is -0.465 e. The van der Waals surface area contributed by atoms with Gasteiger partial charge in [0.1, 0.15) is 0 Å². The van der Waals surface area contributed by atoms with Crippen molar-refractivity contribution in [1.29, 1.82) is 0 Å². The summed E-state index contributed by atoms with van der Waals surface area (Å²) < 4.78 is 0. The van der Waals surface area contributed by atoms with Crippen molar-refractivity contribution in [1.82, 2.24) is 10.2 Å². The van der Waals surface area contributed by atoms with Gasteiger partial charge < -0.3 is 20.4 Å². The van der Waals surface area contributed by atoms with E-state index in [1.54, 1.807) is 12.1 Å². The number of likely N-dealkylation sites (tertiary alicyclic amines) is 1. The van der Waals surface area contributed by atoms with Crippen LogP contribution in [0.1, 0.15) is 44.1 Å². The average Bonchev–Trinajstić information content (AvgIpc) is 3.06. The number of benzene rings is 1. The van der Waals surface area contributed by atoms with Gasteiger partial charge >= 0.3 is 6.09 Å². The molecule has 1 aromatic rings. The van der Waals surface area contributed by atoms with E-state index in [2.05, 4.69) is 5.32 Å². The Kier molecular flexibility index (Phi) is 6.42. The highest BCUT2D eigenvalue weighted by Gasteiger charge is 2.40. The molecule has 154 valence electrons. The normalized spacial score (nSPS) is 30.3. The summed E-state index contributed by atoms with van der Waals surface area (Å²) in [7, 11) is 0. The van der Waals surface area contributed by atoms with Crippen LogP contribution in [0.15, 0.2) is 18.2 Å². The van der Waals surface area contributed by atoms with Crippen molar-refractivity contribution < 1.29 is 19.8 Å². The van der Waals surface area contributed by atoms with Crippen LogP contribution in [0.5, 0.6) is 0 Å². The molecule has 3 rings (SSSR count). The molecular formula is C20H26Cl2N2O4. The number of carbonyl (C=O) groups is 2. The summed E-state index contributed by atoms with van der Waals surface area (Å²) >= 11 is 12.2. The molecule has 1 aromatic carbocycles. The zero-order valence-corrected chi connectivity index (χ0v) is 17.3. The Hall–Kier alpha value is -1.50. The van der Waals surface area contributed by atoms with Crippen molar-refractivity contribution in [2.24, 2.45) is 11.8 Å². The number of nitrogens with one attached hydrogen (secondary N) is 1. The van der Waals surface area contributed by atoms with E-state index in [0.29, 0.717) is 48.8 Å². The lowest BCUT2D eigenvalue weighted by molar-refractivity contribution is -0.137. The Labute approximate surface area is 174 Å². The molecule has 0 spiro atoms. The molecule has 1 aliphatic heterocycles. The Morgan fingerprint density at radius 1 is 1.21 bits per heavy atom. The maximum Gasteiger partial charge on any atom is 0.404 e. The maximum atomic E-state index is 13.1. The molecule has 1 aliphatic carbocycles. The van der Waals surface area contributed by atoms with E-state index in [0.717, 1.165) is 5.56 Å². The summed E-state index contributed by atoms with van der Waals surface area (Å²) in [6.07, 6.45) is 1.53. The number of carboxylic acid groups (broad SMARTS) is 1. The topological polar surface area (TPSA) is 89.9 Å². The van der Waals surface area contributed by atoms with Crippen LogP contribution in [0.4, 0.5) is 4.79 Å². The van der Waals surface area contributed by atoms with Crippen molar-refractivity contribution in [2.45, 2.75) is 44.1 Å². The molecular weight excluding hydrogens is 403 g/mol. The zero-order valence-electron chi connectivity index (χ0n) is 15.8. The van der Waals surface area contributed by atoms with E-state index < -0.39 is 11.7 Å². The molecule has 2 amide bonds. The van der Waals surface area contributed by atoms with Crippen molar-refractivity contribution in [3.05, 3.63) is 33.8 Å². The SMILES string of the molecule is C[C@]1(O)CC[C@@H](C(=O)N2C[C@@H](CNC(=O)O)[C@@H](c3ccc(Cl)c(Cl)c3)C2)CC1. The molecule has 1 saturated heterocycles. The lowest BCUT2D eigenvalue weighted by Gasteiger charge is -2.34. The highest BCUT2D eigenvalue weighted by molar-refractivity contribution is 6.42. The third kappa shape index (κ3) is 4.91. The van der Waals surface area contributed by atoms with Crippen LogP contribution in [-0.2, 0) is 4.79 Å². The number of hydrogen-bond donors (Lipinski definition) is 3. The van der Waals surface area contributed by atoms with Crippen LogP contribution in [0.2, 0.25) is 10.0 Å². The number of halogens is 2. The summed E-state index contributed by atoms with van der Waals surface area (Å²) in [5, 5.41) is 22.5. The smallest absolute Gasteiger partial charge is 0.404 e. The molecule has 0 bridgehead atoms. The molecule has 6 nitrogen and oxygen atoms in total. The van der Waals surface area contributed by atoms with Crippen molar-refractivity contribution >= 4 is 35.2 Å². The largest absolute Gasteiger partial charge is 0.465 e. The predicted molar refractivity (Wildman–Crippen MR) is 108 cm³/mol. The summed E-state index contributed by atoms with van der Waals surface area (Å²) in [5.41, 5.74) is 0.270. The molecule has 1 saturated carbocycles. The van der Waals surface area contributed by atoms with E-state index in [9.17, 15) is 14.7 Å². The number of hydrogen-bond acceptors (Lipinski definition) is 3. The van der Waals surface area contributed by atoms with E-state index in [1.807, 2.05) is 17.9 Å². The van der Waals surface area contributed by atoms with Crippen LogP contribution in [0.25, 0.3) is 0 Å². The van der Waals surface area contributed by atoms with Crippen LogP contribution >= 0.6 is 23.2 Å². The predicted octanol–water partition coefficient (Wildman–Crippen LogP) is 3.74. The quantitative estimate of drug-likeness (QED) is 0.680. The lowest BCUT2D eigenvalue weighted by Crippen LogP contribution is -2.40. The van der Waals surface area contributed by atoms with Crippen LogP contribution in [-0.4, -0.2) is 52.3 Å². The number of aliphatic hydroxyl groups is 1. The first-order valence-electron chi connectivity index (χ1n) is 9.59. The van der Waals surface area contributed by atoms with Gasteiger partial charge in [-0.1, -0.05) is 29.3 Å². The van der Waals surface area contributed by atoms with Gasteiger partial charge in [0.05, 0.1) is 15.6 Å². The average molecular weight is 429 g/mol. The van der Waals surface area contributed by atoms with Crippen LogP contribution < -0.4 is 5.32 Å². The summed E-state index contributed by atoms with van der Waals surface area (Å²) in [5.74, 6) is -0.0412. The summed E-state index contributed by atoms with van der Waals surface area (Å²) in [4.78, 5) is 25.9. The third-order valence-electron chi connectivity index (χ3n) is 6.05. The fraction of sp³-hybridized carbons (Fsp3) is 0.600. The molecule has 3 N–H and O–H groups in total. The first kappa shape index (κ1) is 21.2. The van der Waals surface area contributed by atoms with Gasteiger partial charge in [-0.25, -0.2) is 4.79 Å². The molecule has 8 heteroatoms. The number of carbonyl (C=O) groups excluding carboxylic acids is 1. The lowest BCUT2D eigenvalue weighted by atomic mass is 9.79. The first-order chi connectivity index (χ1) is 13.2. The Bertz CT molecular complexity index is 746. The fourth-order valence-corrected chi connectivity index (χ4v) is 4.65. The molecule has 2 aliphatic rings. The highest BCUT2D eigenvalue weighted by Crippen LogP contribution is 2.38. The van der Waals surface area contributed by atoms with Gasteiger partial charge in [-0.05, 0) is 50.3 Å². The van der Waals surface area contributed by atoms with Crippen LogP contribution in [0, 0.1) is 11.8 Å². The molecule has 2 fully saturated rings. The van der Waals surface area contributed by atoms with Gasteiger partial charge in [0.25, 0.3) is 0 Å². The highest BCUT2D eigenvalue weighted by atomic mass is 35.5. The number of nitrogens with zero attached hydrogens (tertiary/aromatic N) is 1. The molecule has 28 heavy (non-hydrogen) atoms. The van der Waals surface area contributed by atoms with Crippen molar-refractivity contribution in [3.8, 4) is 0 Å². The molecule has 0 radical (unpaired) electrons. The first-order valence-corrected chi connectivity index (χ1v) is 10.3. The third-order valence-corrected chi connectivity index (χ3v) is 6.79. The second kappa shape index (κ2) is 8.47. The number of amides is 2. The van der Waals surface area contributed by atoms with Crippen molar-refractivity contribution in [3.63, 3.8) is 0 Å². The van der Waals surface area contributed by atoms with Gasteiger partial charge in [0.2, 0.25) is 5.91 Å². The minimum atomic E-state index is -1.08. The Morgan fingerprint density at radius 2 is 1.89 bits per heavy atom. The Balaban J connectivity index is 1.74. The summed E-state index contributed by atoms with van der Waals surface area (Å²) in [6, 6.07) is 5.42. The molecule has 1 heterocycles. The minimum absolute atomic E-state index is 0.0164. The van der Waals surface area contributed by atoms with Gasteiger partial charge in [-0.15, -0.1) is 0 Å². The van der Waals surface area contributed by atoms with E-state index in [-0.39, 0.29) is 30.2 Å². The summed E-state index contributed by atoms with van der Waals surface area (Å²) in [6.45, 7) is 3.10. The van der Waals surface area contributed by atoms with E-state index in [4.69, 9.17) is 28.3 Å². The van der Waals surface area contributed by atoms with E-state index in [1.165, 1.54) is 0 Å². The second-order valence-electron chi connectivity index (χ2n) is 8.24. The van der Waals surface area contributed by atoms with Crippen molar-refractivity contribution in [2.75, 3.05) is 19.6 Å². The maximum absolute atomic E-state index is 13.1.